The molecular formula is C15H14O3S. The molecular weight excluding hydrogens is 260 g/mol. The molecule has 1 unspecified atom stereocenters. The van der Waals surface area contributed by atoms with Gasteiger partial charge in [-0.15, -0.1) is 0 Å². The van der Waals surface area contributed by atoms with Gasteiger partial charge in [0.15, 0.2) is 0 Å². The molecule has 2 aromatic carbocycles. The zero-order valence-corrected chi connectivity index (χ0v) is 11.1. The van der Waals surface area contributed by atoms with Crippen LogP contribution in [0.2, 0.25) is 0 Å². The number of carboxylic acids is 1. The third kappa shape index (κ3) is 3.76. The van der Waals surface area contributed by atoms with E-state index in [1.165, 1.54) is 12.1 Å². The third-order valence-corrected chi connectivity index (χ3v) is 4.12. The van der Waals surface area contributed by atoms with E-state index in [2.05, 4.69) is 0 Å². The van der Waals surface area contributed by atoms with Gasteiger partial charge in [0.2, 0.25) is 0 Å². The fourth-order valence-electron chi connectivity index (χ4n) is 1.74. The first-order valence-electron chi connectivity index (χ1n) is 5.92. The van der Waals surface area contributed by atoms with Crippen molar-refractivity contribution in [2.75, 3.05) is 5.75 Å². The Morgan fingerprint density at radius 3 is 2.47 bits per heavy atom. The molecule has 0 bridgehead atoms. The lowest BCUT2D eigenvalue weighted by Gasteiger charge is -2.04. The molecule has 0 aliphatic heterocycles. The number of aromatic carboxylic acids is 1. The molecule has 98 valence electrons. The average Bonchev–Trinajstić information content (AvgIpc) is 2.46. The normalized spacial score (nSPS) is 12.0. The Kier molecular flexibility index (Phi) is 4.47. The molecule has 0 heterocycles. The van der Waals surface area contributed by atoms with Crippen molar-refractivity contribution in [2.45, 2.75) is 11.3 Å². The molecule has 2 aromatic rings. The molecule has 0 amide bonds. The van der Waals surface area contributed by atoms with Gasteiger partial charge in [-0.25, -0.2) is 4.79 Å². The largest absolute Gasteiger partial charge is 0.478 e. The van der Waals surface area contributed by atoms with Gasteiger partial charge in [-0.3, -0.25) is 4.21 Å². The second-order valence-corrected chi connectivity index (χ2v) is 5.69. The lowest BCUT2D eigenvalue weighted by molar-refractivity contribution is 0.0696. The van der Waals surface area contributed by atoms with E-state index < -0.39 is 16.8 Å². The summed E-state index contributed by atoms with van der Waals surface area (Å²) in [6.07, 6.45) is 0.713. The molecule has 0 aliphatic rings. The zero-order chi connectivity index (χ0) is 13.7. The number of carboxylic acid groups (broad SMARTS) is 1. The lowest BCUT2D eigenvalue weighted by Crippen LogP contribution is -2.03. The van der Waals surface area contributed by atoms with Crippen LogP contribution >= 0.6 is 0 Å². The van der Waals surface area contributed by atoms with Gasteiger partial charge in [-0.2, -0.15) is 0 Å². The fraction of sp³-hybridized carbons (Fsp3) is 0.133. The molecule has 2 rings (SSSR count). The maximum Gasteiger partial charge on any atom is 0.335 e. The first-order chi connectivity index (χ1) is 9.16. The molecule has 3 nitrogen and oxygen atoms in total. The van der Waals surface area contributed by atoms with Crippen molar-refractivity contribution in [3.05, 3.63) is 65.7 Å². The van der Waals surface area contributed by atoms with Crippen molar-refractivity contribution in [2.24, 2.45) is 0 Å². The van der Waals surface area contributed by atoms with Gasteiger partial charge >= 0.3 is 5.97 Å². The summed E-state index contributed by atoms with van der Waals surface area (Å²) in [4.78, 5) is 11.4. The van der Waals surface area contributed by atoms with Gasteiger partial charge in [-0.1, -0.05) is 36.4 Å². The summed E-state index contributed by atoms with van der Waals surface area (Å²) in [5.41, 5.74) is 1.30. The van der Waals surface area contributed by atoms with E-state index in [-0.39, 0.29) is 5.56 Å². The first-order valence-corrected chi connectivity index (χ1v) is 7.24. The van der Waals surface area contributed by atoms with Gasteiger partial charge < -0.3 is 5.11 Å². The smallest absolute Gasteiger partial charge is 0.335 e. The van der Waals surface area contributed by atoms with E-state index in [0.717, 1.165) is 5.56 Å². The molecule has 4 heteroatoms. The fourth-order valence-corrected chi connectivity index (χ4v) is 2.89. The van der Waals surface area contributed by atoms with Crippen LogP contribution in [0.15, 0.2) is 59.5 Å². The maximum atomic E-state index is 12.1. The second-order valence-electron chi connectivity index (χ2n) is 4.12. The molecule has 0 radical (unpaired) electrons. The second kappa shape index (κ2) is 6.29. The van der Waals surface area contributed by atoms with Crippen molar-refractivity contribution in [3.63, 3.8) is 0 Å². The lowest BCUT2D eigenvalue weighted by atomic mass is 10.2. The van der Waals surface area contributed by atoms with E-state index in [4.69, 9.17) is 5.11 Å². The summed E-state index contributed by atoms with van der Waals surface area (Å²) in [5.74, 6) is -0.505. The summed E-state index contributed by atoms with van der Waals surface area (Å²) in [6.45, 7) is 0. The van der Waals surface area contributed by atoms with Crippen LogP contribution in [0.1, 0.15) is 15.9 Å². The Morgan fingerprint density at radius 2 is 1.79 bits per heavy atom. The Labute approximate surface area is 114 Å². The summed E-state index contributed by atoms with van der Waals surface area (Å²) in [7, 11) is -1.17. The highest BCUT2D eigenvalue weighted by molar-refractivity contribution is 7.85. The average molecular weight is 274 g/mol. The van der Waals surface area contributed by atoms with Crippen LogP contribution in [0.4, 0.5) is 0 Å². The first kappa shape index (κ1) is 13.5. The summed E-state index contributed by atoms with van der Waals surface area (Å²) >= 11 is 0. The minimum atomic E-state index is -1.17. The number of rotatable bonds is 5. The molecule has 0 spiro atoms. The van der Waals surface area contributed by atoms with E-state index in [0.29, 0.717) is 17.1 Å². The minimum absolute atomic E-state index is 0.172. The van der Waals surface area contributed by atoms with Gasteiger partial charge in [0.05, 0.1) is 16.4 Å². The minimum Gasteiger partial charge on any atom is -0.478 e. The molecule has 0 saturated heterocycles. The number of hydrogen-bond donors (Lipinski definition) is 1. The van der Waals surface area contributed by atoms with Crippen molar-refractivity contribution < 1.29 is 14.1 Å². The van der Waals surface area contributed by atoms with Gasteiger partial charge in [0.25, 0.3) is 0 Å². The van der Waals surface area contributed by atoms with Gasteiger partial charge in [-0.05, 0) is 30.2 Å². The van der Waals surface area contributed by atoms with Crippen LogP contribution in [0, 0.1) is 0 Å². The number of benzene rings is 2. The molecule has 1 N–H and O–H groups in total. The predicted octanol–water partition coefficient (Wildman–Crippen LogP) is 2.74. The quantitative estimate of drug-likeness (QED) is 0.912. The predicted molar refractivity (Wildman–Crippen MR) is 74.8 cm³/mol. The van der Waals surface area contributed by atoms with Crippen LogP contribution in [0.3, 0.4) is 0 Å². The highest BCUT2D eigenvalue weighted by atomic mass is 32.2. The van der Waals surface area contributed by atoms with Crippen LogP contribution in [0.5, 0.6) is 0 Å². The van der Waals surface area contributed by atoms with Crippen LogP contribution < -0.4 is 0 Å². The van der Waals surface area contributed by atoms with Crippen molar-refractivity contribution in [1.82, 2.24) is 0 Å². The van der Waals surface area contributed by atoms with Crippen molar-refractivity contribution in [1.29, 1.82) is 0 Å². The number of hydrogen-bond acceptors (Lipinski definition) is 2. The summed E-state index contributed by atoms with van der Waals surface area (Å²) in [6, 6.07) is 16.1. The Morgan fingerprint density at radius 1 is 1.05 bits per heavy atom. The van der Waals surface area contributed by atoms with Crippen molar-refractivity contribution >= 4 is 16.8 Å². The SMILES string of the molecule is O=C(O)c1cccc(S(=O)CCc2ccccc2)c1. The molecule has 0 aromatic heterocycles. The van der Waals surface area contributed by atoms with Gasteiger partial charge in [0, 0.05) is 10.6 Å². The topological polar surface area (TPSA) is 54.4 Å². The van der Waals surface area contributed by atoms with E-state index in [1.807, 2.05) is 30.3 Å². The highest BCUT2D eigenvalue weighted by Crippen LogP contribution is 2.12. The third-order valence-electron chi connectivity index (χ3n) is 2.76. The molecule has 1 atom stereocenters. The zero-order valence-electron chi connectivity index (χ0n) is 10.3. The van der Waals surface area contributed by atoms with E-state index in [1.54, 1.807) is 12.1 Å². The Bertz CT molecular complexity index is 593. The molecule has 0 saturated carbocycles. The van der Waals surface area contributed by atoms with Crippen LogP contribution in [-0.4, -0.2) is 21.0 Å². The molecule has 0 fully saturated rings. The maximum absolute atomic E-state index is 12.1. The van der Waals surface area contributed by atoms with Crippen molar-refractivity contribution in [3.8, 4) is 0 Å². The highest BCUT2D eigenvalue weighted by Gasteiger charge is 2.08. The summed E-state index contributed by atoms with van der Waals surface area (Å²) < 4.78 is 12.1. The van der Waals surface area contributed by atoms with E-state index in [9.17, 15) is 9.00 Å². The number of carbonyl (C=O) groups is 1. The molecule has 0 aliphatic carbocycles. The number of aryl methyl sites for hydroxylation is 1. The Hall–Kier alpha value is -1.94. The van der Waals surface area contributed by atoms with E-state index >= 15 is 0 Å². The molecule has 19 heavy (non-hydrogen) atoms. The summed E-state index contributed by atoms with van der Waals surface area (Å²) in [5, 5.41) is 8.90. The van der Waals surface area contributed by atoms with Crippen LogP contribution in [-0.2, 0) is 17.2 Å². The Balaban J connectivity index is 2.04. The standard InChI is InChI=1S/C15H14O3S/c16-15(17)13-7-4-8-14(11-13)19(18)10-9-12-5-2-1-3-6-12/h1-8,11H,9-10H2,(H,16,17). The monoisotopic (exact) mass is 274 g/mol. The van der Waals surface area contributed by atoms with Crippen LogP contribution in [0.25, 0.3) is 0 Å². The van der Waals surface area contributed by atoms with Gasteiger partial charge in [0.1, 0.15) is 0 Å².